The maximum atomic E-state index is 10.3. The van der Waals surface area contributed by atoms with E-state index in [-0.39, 0.29) is 11.8 Å². The summed E-state index contributed by atoms with van der Waals surface area (Å²) in [5.41, 5.74) is 5.88. The number of fused-ring (bicyclic) bond motifs is 2. The van der Waals surface area contributed by atoms with Crippen molar-refractivity contribution in [1.82, 2.24) is 4.90 Å². The summed E-state index contributed by atoms with van der Waals surface area (Å²) in [4.78, 5) is 2.38. The average molecular weight is 355 g/mol. The molecule has 0 saturated heterocycles. The minimum Gasteiger partial charge on any atom is -0.504 e. The standard InChI is InChI=1S/C21H25NO4/c1-5-26-18-10-12-6-7-22(2)15-8-13-9-16(23)17(24-3)11-14(13)20(19(12)15)21(18)25-4/h9-11,15,23H,5-8H2,1-4H3. The SMILES string of the molecule is CCOc1cc2c3c(c1OC)-c1cc(OC)c(O)cc1CC3N(C)CC2. The average Bonchev–Trinajstić information content (AvgIpc) is 2.64. The number of hydrogen-bond donors (Lipinski definition) is 1. The summed E-state index contributed by atoms with van der Waals surface area (Å²) in [5, 5.41) is 10.3. The van der Waals surface area contributed by atoms with Gasteiger partial charge in [-0.1, -0.05) is 0 Å². The van der Waals surface area contributed by atoms with E-state index in [9.17, 15) is 5.11 Å². The van der Waals surface area contributed by atoms with Crippen LogP contribution in [0.4, 0.5) is 0 Å². The van der Waals surface area contributed by atoms with Gasteiger partial charge in [0.15, 0.2) is 23.0 Å². The van der Waals surface area contributed by atoms with Crippen LogP contribution < -0.4 is 14.2 Å². The Morgan fingerprint density at radius 3 is 2.62 bits per heavy atom. The fourth-order valence-corrected chi connectivity index (χ4v) is 4.34. The molecule has 26 heavy (non-hydrogen) atoms. The quantitative estimate of drug-likeness (QED) is 0.909. The molecule has 5 heteroatoms. The predicted molar refractivity (Wildman–Crippen MR) is 101 cm³/mol. The zero-order chi connectivity index (χ0) is 18.4. The van der Waals surface area contributed by atoms with Crippen LogP contribution in [0.2, 0.25) is 0 Å². The van der Waals surface area contributed by atoms with E-state index in [4.69, 9.17) is 14.2 Å². The Labute approximate surface area is 154 Å². The number of hydrogen-bond acceptors (Lipinski definition) is 5. The Kier molecular flexibility index (Phi) is 4.19. The first-order valence-electron chi connectivity index (χ1n) is 9.06. The van der Waals surface area contributed by atoms with E-state index in [1.165, 1.54) is 11.1 Å². The van der Waals surface area contributed by atoms with Crippen LogP contribution in [0.5, 0.6) is 23.0 Å². The monoisotopic (exact) mass is 355 g/mol. The van der Waals surface area contributed by atoms with Crippen molar-refractivity contribution >= 4 is 0 Å². The first-order valence-corrected chi connectivity index (χ1v) is 9.06. The fraction of sp³-hybridized carbons (Fsp3) is 0.429. The summed E-state index contributed by atoms with van der Waals surface area (Å²) in [5.74, 6) is 2.20. The molecule has 2 aromatic carbocycles. The number of phenolic OH excluding ortho intramolecular Hbond substituents is 1. The highest BCUT2D eigenvalue weighted by Crippen LogP contribution is 2.53. The second-order valence-corrected chi connectivity index (χ2v) is 6.92. The molecule has 0 bridgehead atoms. The van der Waals surface area contributed by atoms with Gasteiger partial charge in [-0.15, -0.1) is 0 Å². The van der Waals surface area contributed by atoms with Crippen molar-refractivity contribution in [3.8, 4) is 34.1 Å². The first kappa shape index (κ1) is 17.0. The van der Waals surface area contributed by atoms with Crippen LogP contribution in [0.15, 0.2) is 18.2 Å². The highest BCUT2D eigenvalue weighted by molar-refractivity contribution is 5.85. The van der Waals surface area contributed by atoms with Crippen LogP contribution in [-0.2, 0) is 12.8 Å². The molecule has 1 unspecified atom stereocenters. The van der Waals surface area contributed by atoms with Crippen LogP contribution in [0.3, 0.4) is 0 Å². The number of ether oxygens (including phenoxy) is 3. The maximum absolute atomic E-state index is 10.3. The van der Waals surface area contributed by atoms with Gasteiger partial charge in [0.05, 0.1) is 20.8 Å². The van der Waals surface area contributed by atoms with Gasteiger partial charge in [0.1, 0.15) is 0 Å². The van der Waals surface area contributed by atoms with E-state index in [0.29, 0.717) is 12.4 Å². The number of rotatable bonds is 4. The summed E-state index contributed by atoms with van der Waals surface area (Å²) < 4.78 is 17.1. The summed E-state index contributed by atoms with van der Waals surface area (Å²) in [6.07, 6.45) is 1.85. The van der Waals surface area contributed by atoms with Gasteiger partial charge in [-0.3, -0.25) is 4.90 Å². The van der Waals surface area contributed by atoms with Gasteiger partial charge in [0, 0.05) is 18.2 Å². The molecule has 1 heterocycles. The Bertz CT molecular complexity index is 862. The molecule has 1 atom stereocenters. The Morgan fingerprint density at radius 1 is 1.12 bits per heavy atom. The molecule has 5 nitrogen and oxygen atoms in total. The van der Waals surface area contributed by atoms with E-state index in [1.807, 2.05) is 19.1 Å². The maximum Gasteiger partial charge on any atom is 0.168 e. The van der Waals surface area contributed by atoms with Gasteiger partial charge >= 0.3 is 0 Å². The lowest BCUT2D eigenvalue weighted by molar-refractivity contribution is 0.226. The fourth-order valence-electron chi connectivity index (χ4n) is 4.34. The normalized spacial score (nSPS) is 18.1. The number of nitrogens with zero attached hydrogens (tertiary/aromatic N) is 1. The van der Waals surface area contributed by atoms with Crippen LogP contribution in [0, 0.1) is 0 Å². The number of phenols is 1. The molecule has 0 fully saturated rings. The third-order valence-electron chi connectivity index (χ3n) is 5.56. The molecule has 1 aliphatic heterocycles. The minimum atomic E-state index is 0.174. The van der Waals surface area contributed by atoms with Crippen molar-refractivity contribution in [3.63, 3.8) is 0 Å². The van der Waals surface area contributed by atoms with Gasteiger partial charge < -0.3 is 19.3 Å². The summed E-state index contributed by atoms with van der Waals surface area (Å²) in [6.45, 7) is 3.58. The van der Waals surface area contributed by atoms with Crippen molar-refractivity contribution in [1.29, 1.82) is 0 Å². The van der Waals surface area contributed by atoms with Gasteiger partial charge in [-0.2, -0.15) is 0 Å². The molecule has 0 amide bonds. The van der Waals surface area contributed by atoms with Crippen molar-refractivity contribution in [3.05, 3.63) is 34.9 Å². The molecular weight excluding hydrogens is 330 g/mol. The minimum absolute atomic E-state index is 0.174. The number of aromatic hydroxyl groups is 1. The highest BCUT2D eigenvalue weighted by atomic mass is 16.5. The highest BCUT2D eigenvalue weighted by Gasteiger charge is 2.36. The van der Waals surface area contributed by atoms with Gasteiger partial charge in [-0.05, 0) is 67.3 Å². The summed E-state index contributed by atoms with van der Waals surface area (Å²) >= 11 is 0. The molecule has 0 aromatic heterocycles. The van der Waals surface area contributed by atoms with Crippen LogP contribution in [0.25, 0.3) is 11.1 Å². The van der Waals surface area contributed by atoms with Gasteiger partial charge in [-0.25, -0.2) is 0 Å². The summed E-state index contributed by atoms with van der Waals surface area (Å²) in [7, 11) is 5.42. The molecular formula is C21H25NO4. The Balaban J connectivity index is 2.05. The largest absolute Gasteiger partial charge is 0.504 e. The molecule has 1 aliphatic carbocycles. The second kappa shape index (κ2) is 6.40. The van der Waals surface area contributed by atoms with Gasteiger partial charge in [0.2, 0.25) is 0 Å². The lowest BCUT2D eigenvalue weighted by Crippen LogP contribution is -2.35. The second-order valence-electron chi connectivity index (χ2n) is 6.92. The number of methoxy groups -OCH3 is 2. The van der Waals surface area contributed by atoms with Crippen molar-refractivity contribution < 1.29 is 19.3 Å². The number of likely N-dealkylation sites (N-methyl/N-ethyl adjacent to an activating group) is 1. The molecule has 0 radical (unpaired) electrons. The van der Waals surface area contributed by atoms with Crippen molar-refractivity contribution in [2.75, 3.05) is 34.4 Å². The van der Waals surface area contributed by atoms with Crippen LogP contribution in [0.1, 0.15) is 29.7 Å². The van der Waals surface area contributed by atoms with E-state index in [0.717, 1.165) is 47.6 Å². The molecule has 1 N–H and O–H groups in total. The molecule has 138 valence electrons. The molecule has 0 spiro atoms. The summed E-state index contributed by atoms with van der Waals surface area (Å²) in [6, 6.07) is 6.16. The smallest absolute Gasteiger partial charge is 0.168 e. The van der Waals surface area contributed by atoms with Crippen molar-refractivity contribution in [2.24, 2.45) is 0 Å². The van der Waals surface area contributed by atoms with E-state index >= 15 is 0 Å². The van der Waals surface area contributed by atoms with Crippen LogP contribution in [-0.4, -0.2) is 44.4 Å². The first-order chi connectivity index (χ1) is 12.6. The van der Waals surface area contributed by atoms with E-state index in [1.54, 1.807) is 14.2 Å². The molecule has 2 aliphatic rings. The van der Waals surface area contributed by atoms with Crippen LogP contribution >= 0.6 is 0 Å². The topological polar surface area (TPSA) is 51.2 Å². The molecule has 0 saturated carbocycles. The van der Waals surface area contributed by atoms with Crippen molar-refractivity contribution in [2.45, 2.75) is 25.8 Å². The Morgan fingerprint density at radius 2 is 1.92 bits per heavy atom. The zero-order valence-corrected chi connectivity index (χ0v) is 15.8. The molecule has 2 aromatic rings. The lowest BCUT2D eigenvalue weighted by Gasteiger charge is -2.40. The van der Waals surface area contributed by atoms with Gasteiger partial charge in [0.25, 0.3) is 0 Å². The van der Waals surface area contributed by atoms with E-state index < -0.39 is 0 Å². The number of benzene rings is 2. The predicted octanol–water partition coefficient (Wildman–Crippen LogP) is 3.56. The Hall–Kier alpha value is -2.40. The zero-order valence-electron chi connectivity index (χ0n) is 15.8. The molecule has 4 rings (SSSR count). The third kappa shape index (κ3) is 2.42. The van der Waals surface area contributed by atoms with E-state index in [2.05, 4.69) is 18.0 Å². The third-order valence-corrected chi connectivity index (χ3v) is 5.56. The lowest BCUT2D eigenvalue weighted by atomic mass is 9.76.